The van der Waals surface area contributed by atoms with E-state index in [1.165, 1.54) is 0 Å². The van der Waals surface area contributed by atoms with E-state index in [9.17, 15) is 5.11 Å². The molecule has 0 spiro atoms. The lowest BCUT2D eigenvalue weighted by Gasteiger charge is -2.09. The van der Waals surface area contributed by atoms with Crippen molar-refractivity contribution in [2.24, 2.45) is 0 Å². The second-order valence-electron chi connectivity index (χ2n) is 5.22. The summed E-state index contributed by atoms with van der Waals surface area (Å²) in [6, 6.07) is 11.4. The third-order valence-electron chi connectivity index (χ3n) is 3.61. The predicted molar refractivity (Wildman–Crippen MR) is 86.9 cm³/mol. The Kier molecular flexibility index (Phi) is 3.60. The number of halogens is 1. The lowest BCUT2D eigenvalue weighted by Crippen LogP contribution is -1.99. The molecule has 21 heavy (non-hydrogen) atoms. The van der Waals surface area contributed by atoms with E-state index in [4.69, 9.17) is 16.6 Å². The first-order chi connectivity index (χ1) is 10.1. The number of phenolic OH excluding ortho intramolecular Hbond substituents is 1. The second-order valence-corrected chi connectivity index (χ2v) is 5.66. The zero-order chi connectivity index (χ0) is 15.0. The van der Waals surface area contributed by atoms with Crippen LogP contribution in [0.1, 0.15) is 18.9 Å². The van der Waals surface area contributed by atoms with Gasteiger partial charge in [0.15, 0.2) is 0 Å². The molecule has 1 aromatic heterocycles. The molecule has 0 aliphatic rings. The highest BCUT2D eigenvalue weighted by Gasteiger charge is 2.13. The van der Waals surface area contributed by atoms with Gasteiger partial charge < -0.3 is 9.67 Å². The molecular formula is C17H17ClN2O. The summed E-state index contributed by atoms with van der Waals surface area (Å²) < 4.78 is 2.21. The normalized spacial score (nSPS) is 11.2. The van der Waals surface area contributed by atoms with E-state index in [0.29, 0.717) is 10.8 Å². The van der Waals surface area contributed by atoms with E-state index in [-0.39, 0.29) is 0 Å². The van der Waals surface area contributed by atoms with Crippen LogP contribution in [0.5, 0.6) is 5.75 Å². The summed E-state index contributed by atoms with van der Waals surface area (Å²) in [4.78, 5) is 4.73. The highest BCUT2D eigenvalue weighted by Crippen LogP contribution is 2.29. The molecule has 0 radical (unpaired) electrons. The Morgan fingerprint density at radius 2 is 2.00 bits per heavy atom. The van der Waals surface area contributed by atoms with E-state index in [0.717, 1.165) is 41.0 Å². The first-order valence-electron chi connectivity index (χ1n) is 7.06. The van der Waals surface area contributed by atoms with Crippen molar-refractivity contribution in [3.63, 3.8) is 0 Å². The number of hydrogen-bond acceptors (Lipinski definition) is 2. The van der Waals surface area contributed by atoms with Crippen LogP contribution in [0.3, 0.4) is 0 Å². The molecule has 3 rings (SSSR count). The largest absolute Gasteiger partial charge is 0.508 e. The summed E-state index contributed by atoms with van der Waals surface area (Å²) >= 11 is 6.07. The van der Waals surface area contributed by atoms with Gasteiger partial charge in [0, 0.05) is 17.1 Å². The maximum absolute atomic E-state index is 9.69. The zero-order valence-electron chi connectivity index (χ0n) is 12.1. The van der Waals surface area contributed by atoms with E-state index in [2.05, 4.69) is 11.5 Å². The smallest absolute Gasteiger partial charge is 0.141 e. The van der Waals surface area contributed by atoms with Gasteiger partial charge in [0.05, 0.1) is 11.0 Å². The van der Waals surface area contributed by atoms with Crippen molar-refractivity contribution in [2.75, 3.05) is 0 Å². The Morgan fingerprint density at radius 1 is 1.19 bits per heavy atom. The van der Waals surface area contributed by atoms with Crippen LogP contribution in [0.2, 0.25) is 5.02 Å². The number of fused-ring (bicyclic) bond motifs is 1. The number of aromatic hydroxyl groups is 1. The van der Waals surface area contributed by atoms with Crippen LogP contribution in [-0.4, -0.2) is 14.7 Å². The van der Waals surface area contributed by atoms with E-state index in [1.807, 2.05) is 37.3 Å². The Morgan fingerprint density at radius 3 is 2.71 bits per heavy atom. The molecule has 1 N–H and O–H groups in total. The van der Waals surface area contributed by atoms with Gasteiger partial charge in [-0.3, -0.25) is 0 Å². The number of imidazole rings is 1. The van der Waals surface area contributed by atoms with Gasteiger partial charge in [0.25, 0.3) is 0 Å². The summed E-state index contributed by atoms with van der Waals surface area (Å²) in [5.41, 5.74) is 3.84. The number of rotatable bonds is 3. The fraction of sp³-hybridized carbons (Fsp3) is 0.235. The number of hydrogen-bond donors (Lipinski definition) is 1. The molecule has 0 saturated heterocycles. The quantitative estimate of drug-likeness (QED) is 0.756. The molecule has 0 fully saturated rings. The summed E-state index contributed by atoms with van der Waals surface area (Å²) in [5.74, 6) is 1.22. The molecule has 3 aromatic rings. The molecule has 0 unspecified atom stereocenters. The van der Waals surface area contributed by atoms with Gasteiger partial charge in [0.2, 0.25) is 0 Å². The van der Waals surface area contributed by atoms with Crippen molar-refractivity contribution >= 4 is 22.6 Å². The van der Waals surface area contributed by atoms with Crippen LogP contribution < -0.4 is 0 Å². The molecule has 0 aliphatic carbocycles. The van der Waals surface area contributed by atoms with Gasteiger partial charge in [-0.25, -0.2) is 4.98 Å². The highest BCUT2D eigenvalue weighted by molar-refractivity contribution is 6.31. The van der Waals surface area contributed by atoms with Crippen molar-refractivity contribution in [3.05, 3.63) is 47.0 Å². The molecular weight excluding hydrogens is 284 g/mol. The SMILES string of the molecule is CCCn1c(-c2ccc(O)c(C)c2)nc2cc(Cl)ccc21. The summed E-state index contributed by atoms with van der Waals surface area (Å²) in [5, 5.41) is 10.4. The Hall–Kier alpha value is -2.00. The monoisotopic (exact) mass is 300 g/mol. The van der Waals surface area contributed by atoms with Gasteiger partial charge >= 0.3 is 0 Å². The van der Waals surface area contributed by atoms with E-state index < -0.39 is 0 Å². The van der Waals surface area contributed by atoms with E-state index in [1.54, 1.807) is 6.07 Å². The number of benzene rings is 2. The topological polar surface area (TPSA) is 38.0 Å². The van der Waals surface area contributed by atoms with E-state index >= 15 is 0 Å². The minimum atomic E-state index is 0.306. The molecule has 0 bridgehead atoms. The Bertz CT molecular complexity index is 808. The Balaban J connectivity index is 2.24. The molecule has 0 atom stereocenters. The van der Waals surface area contributed by atoms with Crippen LogP contribution in [0.25, 0.3) is 22.4 Å². The number of aromatic nitrogens is 2. The molecule has 2 aromatic carbocycles. The van der Waals surface area contributed by atoms with Crippen molar-refractivity contribution in [1.29, 1.82) is 0 Å². The van der Waals surface area contributed by atoms with Crippen LogP contribution in [0, 0.1) is 6.92 Å². The van der Waals surface area contributed by atoms with Crippen molar-refractivity contribution in [2.45, 2.75) is 26.8 Å². The first kappa shape index (κ1) is 14.0. The van der Waals surface area contributed by atoms with Gasteiger partial charge in [-0.2, -0.15) is 0 Å². The van der Waals surface area contributed by atoms with Gasteiger partial charge in [-0.05, 0) is 55.3 Å². The Labute approximate surface area is 128 Å². The van der Waals surface area contributed by atoms with Gasteiger partial charge in [0.1, 0.15) is 11.6 Å². The molecule has 0 amide bonds. The predicted octanol–water partition coefficient (Wildman–Crippen LogP) is 4.78. The minimum Gasteiger partial charge on any atom is -0.508 e. The molecule has 0 saturated carbocycles. The minimum absolute atomic E-state index is 0.306. The summed E-state index contributed by atoms with van der Waals surface area (Å²) in [6.45, 7) is 4.93. The standard InChI is InChI=1S/C17H17ClN2O/c1-3-8-20-15-6-5-13(18)10-14(15)19-17(20)12-4-7-16(21)11(2)9-12/h4-7,9-10,21H,3,8H2,1-2H3. The van der Waals surface area contributed by atoms with Crippen LogP contribution in [0.15, 0.2) is 36.4 Å². The molecule has 0 aliphatic heterocycles. The van der Waals surface area contributed by atoms with Crippen molar-refractivity contribution < 1.29 is 5.11 Å². The molecule has 4 heteroatoms. The lowest BCUT2D eigenvalue weighted by atomic mass is 10.1. The average molecular weight is 301 g/mol. The second kappa shape index (κ2) is 5.41. The lowest BCUT2D eigenvalue weighted by molar-refractivity contribution is 0.471. The van der Waals surface area contributed by atoms with Gasteiger partial charge in [-0.15, -0.1) is 0 Å². The zero-order valence-corrected chi connectivity index (χ0v) is 12.9. The van der Waals surface area contributed by atoms with Crippen LogP contribution in [-0.2, 0) is 6.54 Å². The third-order valence-corrected chi connectivity index (χ3v) is 3.85. The first-order valence-corrected chi connectivity index (χ1v) is 7.43. The van der Waals surface area contributed by atoms with Gasteiger partial charge in [-0.1, -0.05) is 18.5 Å². The molecule has 108 valence electrons. The number of phenols is 1. The average Bonchev–Trinajstić information content (AvgIpc) is 2.80. The summed E-state index contributed by atoms with van der Waals surface area (Å²) in [7, 11) is 0. The number of aryl methyl sites for hydroxylation is 2. The van der Waals surface area contributed by atoms with Crippen LogP contribution >= 0.6 is 11.6 Å². The third kappa shape index (κ3) is 2.49. The maximum Gasteiger partial charge on any atom is 0.141 e. The highest BCUT2D eigenvalue weighted by atomic mass is 35.5. The number of nitrogens with zero attached hydrogens (tertiary/aromatic N) is 2. The summed E-state index contributed by atoms with van der Waals surface area (Å²) in [6.07, 6.45) is 1.03. The maximum atomic E-state index is 9.69. The fourth-order valence-corrected chi connectivity index (χ4v) is 2.73. The fourth-order valence-electron chi connectivity index (χ4n) is 2.57. The van der Waals surface area contributed by atoms with Crippen molar-refractivity contribution in [3.8, 4) is 17.1 Å². The molecule has 3 nitrogen and oxygen atoms in total. The molecule has 1 heterocycles. The van der Waals surface area contributed by atoms with Crippen LogP contribution in [0.4, 0.5) is 0 Å². The van der Waals surface area contributed by atoms with Crippen molar-refractivity contribution in [1.82, 2.24) is 9.55 Å².